The molecule has 116 valence electrons. The smallest absolute Gasteiger partial charge is 0.225 e. The molecule has 0 aliphatic heterocycles. The van der Waals surface area contributed by atoms with E-state index in [4.69, 9.17) is 4.74 Å². The van der Waals surface area contributed by atoms with Crippen molar-refractivity contribution in [2.75, 3.05) is 17.3 Å². The summed E-state index contributed by atoms with van der Waals surface area (Å²) in [6.07, 6.45) is 2.12. The molecular formula is C15H17N3O2S2. The van der Waals surface area contributed by atoms with Crippen LogP contribution in [0.15, 0.2) is 34.7 Å². The molecule has 22 heavy (non-hydrogen) atoms. The molecule has 0 atom stereocenters. The van der Waals surface area contributed by atoms with Crippen LogP contribution in [0.5, 0.6) is 5.75 Å². The van der Waals surface area contributed by atoms with Gasteiger partial charge in [0.1, 0.15) is 5.75 Å². The number of amides is 1. The van der Waals surface area contributed by atoms with Gasteiger partial charge in [0.2, 0.25) is 11.0 Å². The molecule has 0 unspecified atom stereocenters. The maximum absolute atomic E-state index is 11.7. The Morgan fingerprint density at radius 3 is 2.82 bits per heavy atom. The maximum Gasteiger partial charge on any atom is 0.225 e. The highest BCUT2D eigenvalue weighted by Crippen LogP contribution is 2.35. The normalized spacial score (nSPS) is 13.9. The van der Waals surface area contributed by atoms with Crippen molar-refractivity contribution in [2.24, 2.45) is 0 Å². The monoisotopic (exact) mass is 335 g/mol. The van der Waals surface area contributed by atoms with Gasteiger partial charge in [0.15, 0.2) is 4.34 Å². The minimum absolute atomic E-state index is 0.0441. The van der Waals surface area contributed by atoms with Gasteiger partial charge < -0.3 is 4.74 Å². The molecule has 0 radical (unpaired) electrons. The van der Waals surface area contributed by atoms with Crippen molar-refractivity contribution in [2.45, 2.75) is 30.1 Å². The summed E-state index contributed by atoms with van der Waals surface area (Å²) >= 11 is 3.08. The van der Waals surface area contributed by atoms with Gasteiger partial charge in [-0.25, -0.2) is 0 Å². The van der Waals surface area contributed by atoms with E-state index in [0.29, 0.717) is 17.8 Å². The van der Waals surface area contributed by atoms with Gasteiger partial charge in [-0.15, -0.1) is 10.2 Å². The number of hydrogen-bond acceptors (Lipinski definition) is 6. The van der Waals surface area contributed by atoms with Crippen LogP contribution in [0.1, 0.15) is 19.8 Å². The molecule has 7 heteroatoms. The Balaban J connectivity index is 1.48. The third-order valence-corrected chi connectivity index (χ3v) is 5.19. The predicted molar refractivity (Wildman–Crippen MR) is 88.8 cm³/mol. The van der Waals surface area contributed by atoms with Crippen molar-refractivity contribution in [3.05, 3.63) is 30.3 Å². The summed E-state index contributed by atoms with van der Waals surface area (Å²) in [4.78, 5) is 13.5. The van der Waals surface area contributed by atoms with Crippen molar-refractivity contribution < 1.29 is 9.53 Å². The molecule has 1 heterocycles. The van der Waals surface area contributed by atoms with Gasteiger partial charge in [0.05, 0.1) is 6.61 Å². The predicted octanol–water partition coefficient (Wildman–Crippen LogP) is 3.22. The Labute approximate surface area is 137 Å². The molecule has 1 fully saturated rings. The quantitative estimate of drug-likeness (QED) is 0.442. The topological polar surface area (TPSA) is 55.3 Å². The van der Waals surface area contributed by atoms with Gasteiger partial charge in [-0.3, -0.25) is 9.69 Å². The number of aromatic nitrogens is 2. The number of carbonyl (C=O) groups excluding carboxylic acids is 1. The lowest BCUT2D eigenvalue weighted by molar-refractivity contribution is -0.116. The van der Waals surface area contributed by atoms with E-state index >= 15 is 0 Å². The Morgan fingerprint density at radius 2 is 2.14 bits per heavy atom. The average Bonchev–Trinajstić information content (AvgIpc) is 3.23. The fourth-order valence-electron chi connectivity index (χ4n) is 2.04. The van der Waals surface area contributed by atoms with Crippen LogP contribution in [0.3, 0.4) is 0 Å². The first-order valence-electron chi connectivity index (χ1n) is 7.18. The Morgan fingerprint density at radius 1 is 1.36 bits per heavy atom. The van der Waals surface area contributed by atoms with E-state index in [2.05, 4.69) is 10.2 Å². The summed E-state index contributed by atoms with van der Waals surface area (Å²) in [6, 6.07) is 10.1. The van der Waals surface area contributed by atoms with E-state index in [1.165, 1.54) is 11.3 Å². The SMILES string of the molecule is CC(=O)N(c1nnc(SCCOc2ccccc2)s1)C1CC1. The van der Waals surface area contributed by atoms with E-state index < -0.39 is 0 Å². The van der Waals surface area contributed by atoms with Gasteiger partial charge >= 0.3 is 0 Å². The minimum atomic E-state index is 0.0441. The molecule has 0 saturated heterocycles. The summed E-state index contributed by atoms with van der Waals surface area (Å²) in [5, 5.41) is 9.01. The first-order chi connectivity index (χ1) is 10.7. The summed E-state index contributed by atoms with van der Waals surface area (Å²) in [7, 11) is 0. The van der Waals surface area contributed by atoms with Crippen LogP contribution in [0.4, 0.5) is 5.13 Å². The summed E-state index contributed by atoms with van der Waals surface area (Å²) in [5.41, 5.74) is 0. The van der Waals surface area contributed by atoms with Crippen molar-refractivity contribution in [3.63, 3.8) is 0 Å². The van der Waals surface area contributed by atoms with Crippen molar-refractivity contribution in [1.82, 2.24) is 10.2 Å². The molecule has 0 N–H and O–H groups in total. The van der Waals surface area contributed by atoms with Crippen molar-refractivity contribution >= 4 is 34.1 Å². The Bertz CT molecular complexity index is 629. The molecule has 3 rings (SSSR count). The second-order valence-electron chi connectivity index (χ2n) is 4.98. The Kier molecular flexibility index (Phi) is 4.94. The molecular weight excluding hydrogens is 318 g/mol. The third-order valence-electron chi connectivity index (χ3n) is 3.17. The van der Waals surface area contributed by atoms with Gasteiger partial charge in [-0.2, -0.15) is 0 Å². The van der Waals surface area contributed by atoms with Crippen molar-refractivity contribution in [3.8, 4) is 5.75 Å². The fourth-order valence-corrected chi connectivity index (χ4v) is 3.89. The number of nitrogens with zero attached hydrogens (tertiary/aromatic N) is 3. The van der Waals surface area contributed by atoms with E-state index in [-0.39, 0.29) is 5.91 Å². The van der Waals surface area contributed by atoms with Gasteiger partial charge in [0.25, 0.3) is 0 Å². The highest BCUT2D eigenvalue weighted by atomic mass is 32.2. The standard InChI is InChI=1S/C15H17N3O2S2/c1-11(19)18(12-7-8-12)14-16-17-15(22-14)21-10-9-20-13-5-3-2-4-6-13/h2-6,12H,7-10H2,1H3. The number of hydrogen-bond donors (Lipinski definition) is 0. The number of thioether (sulfide) groups is 1. The Hall–Kier alpha value is -1.60. The number of para-hydroxylation sites is 1. The number of carbonyl (C=O) groups is 1. The average molecular weight is 335 g/mol. The maximum atomic E-state index is 11.7. The molecule has 1 aromatic heterocycles. The van der Waals surface area contributed by atoms with E-state index in [0.717, 1.165) is 28.7 Å². The first-order valence-corrected chi connectivity index (χ1v) is 8.98. The van der Waals surface area contributed by atoms with Gasteiger partial charge in [-0.1, -0.05) is 41.3 Å². The first kappa shape index (κ1) is 15.3. The molecule has 2 aromatic rings. The van der Waals surface area contributed by atoms with Gasteiger partial charge in [-0.05, 0) is 25.0 Å². The lowest BCUT2D eigenvalue weighted by Gasteiger charge is -2.15. The zero-order valence-electron chi connectivity index (χ0n) is 12.3. The second kappa shape index (κ2) is 7.11. The number of ether oxygens (including phenoxy) is 1. The lowest BCUT2D eigenvalue weighted by atomic mass is 10.3. The molecule has 1 aliphatic rings. The molecule has 1 aromatic carbocycles. The number of rotatable bonds is 7. The lowest BCUT2D eigenvalue weighted by Crippen LogP contribution is -2.30. The van der Waals surface area contributed by atoms with E-state index in [1.807, 2.05) is 30.3 Å². The number of benzene rings is 1. The molecule has 5 nitrogen and oxygen atoms in total. The minimum Gasteiger partial charge on any atom is -0.493 e. The molecule has 0 spiro atoms. The van der Waals surface area contributed by atoms with E-state index in [1.54, 1.807) is 23.6 Å². The van der Waals surface area contributed by atoms with Crippen LogP contribution in [-0.4, -0.2) is 34.5 Å². The summed E-state index contributed by atoms with van der Waals surface area (Å²) < 4.78 is 6.51. The second-order valence-corrected chi connectivity index (χ2v) is 7.28. The fraction of sp³-hybridized carbons (Fsp3) is 0.400. The zero-order valence-corrected chi connectivity index (χ0v) is 13.9. The zero-order chi connectivity index (χ0) is 15.4. The van der Waals surface area contributed by atoms with Crippen LogP contribution in [-0.2, 0) is 4.79 Å². The van der Waals surface area contributed by atoms with Crippen LogP contribution >= 0.6 is 23.1 Å². The third kappa shape index (κ3) is 3.98. The van der Waals surface area contributed by atoms with Crippen LogP contribution in [0, 0.1) is 0 Å². The van der Waals surface area contributed by atoms with Crippen LogP contribution in [0.2, 0.25) is 0 Å². The summed E-state index contributed by atoms with van der Waals surface area (Å²) in [5.74, 6) is 1.72. The molecule has 1 saturated carbocycles. The largest absolute Gasteiger partial charge is 0.493 e. The molecule has 1 aliphatic carbocycles. The summed E-state index contributed by atoms with van der Waals surface area (Å²) in [6.45, 7) is 2.20. The van der Waals surface area contributed by atoms with Crippen LogP contribution < -0.4 is 9.64 Å². The van der Waals surface area contributed by atoms with Crippen molar-refractivity contribution in [1.29, 1.82) is 0 Å². The van der Waals surface area contributed by atoms with Crippen LogP contribution in [0.25, 0.3) is 0 Å². The molecule has 0 bridgehead atoms. The highest BCUT2D eigenvalue weighted by Gasteiger charge is 2.34. The van der Waals surface area contributed by atoms with Gasteiger partial charge in [0, 0.05) is 18.7 Å². The highest BCUT2D eigenvalue weighted by molar-refractivity contribution is 8.01. The number of anilines is 1. The molecule has 1 amide bonds. The van der Waals surface area contributed by atoms with E-state index in [9.17, 15) is 4.79 Å².